The number of hydrogen-bond donors (Lipinski definition) is 4. The second-order valence-electron chi connectivity index (χ2n) is 6.56. The number of thioether (sulfide) groups is 1. The van der Waals surface area contributed by atoms with Crippen molar-refractivity contribution in [2.45, 2.75) is 18.0 Å². The maximum atomic E-state index is 12.7. The molecule has 1 unspecified atom stereocenters. The van der Waals surface area contributed by atoms with E-state index in [0.717, 1.165) is 11.3 Å². The molecule has 2 amide bonds. The fourth-order valence-electron chi connectivity index (χ4n) is 3.30. The number of nitrogens with zero attached hydrogens (tertiary/aromatic N) is 5. The van der Waals surface area contributed by atoms with Gasteiger partial charge in [0.2, 0.25) is 0 Å². The van der Waals surface area contributed by atoms with Gasteiger partial charge in [0, 0.05) is 16.7 Å². The van der Waals surface area contributed by atoms with Crippen molar-refractivity contribution in [3.63, 3.8) is 0 Å². The molecule has 0 aliphatic carbocycles. The van der Waals surface area contributed by atoms with Gasteiger partial charge in [-0.1, -0.05) is 5.16 Å². The van der Waals surface area contributed by atoms with Gasteiger partial charge in [0.05, 0.1) is 12.4 Å². The van der Waals surface area contributed by atoms with Gasteiger partial charge >= 0.3 is 5.97 Å². The highest BCUT2D eigenvalue weighted by Gasteiger charge is 2.54. The molecule has 31 heavy (non-hydrogen) atoms. The fraction of sp³-hybridized carbons (Fsp3) is 0.235. The zero-order chi connectivity index (χ0) is 22.1. The Balaban J connectivity index is 1.52. The maximum absolute atomic E-state index is 12.7. The minimum absolute atomic E-state index is 0.0743. The Morgan fingerprint density at radius 3 is 2.74 bits per heavy atom. The zero-order valence-electron chi connectivity index (χ0n) is 15.7. The summed E-state index contributed by atoms with van der Waals surface area (Å²) in [5.74, 6) is -2.23. The third-order valence-electron chi connectivity index (χ3n) is 4.68. The Labute approximate surface area is 183 Å². The van der Waals surface area contributed by atoms with Gasteiger partial charge < -0.3 is 21.4 Å². The lowest BCUT2D eigenvalue weighted by atomic mass is 10.0. The standard InChI is InChI=1S/C17H15N7O5S2/c18-17-20-9(7-31-17)10(22-29)13(25)21-11-14(26)24-12(16(27)28)8(6-30-15(11)24)5-23-3-1-19-2-4-23/h1-4,7,11,15H,5-6H2,(H4-,18,20,21,25,27,28,29)/p+1/t11?,15-/m1/s1. The molecule has 12 nitrogen and oxygen atoms in total. The molecule has 2 aromatic heterocycles. The summed E-state index contributed by atoms with van der Waals surface area (Å²) in [7, 11) is 0. The quantitative estimate of drug-likeness (QED) is 0.138. The number of carbonyl (C=O) groups excluding carboxylic acids is 2. The summed E-state index contributed by atoms with van der Waals surface area (Å²) < 4.78 is 1.76. The van der Waals surface area contributed by atoms with E-state index in [4.69, 9.17) is 5.73 Å². The molecule has 0 spiro atoms. The van der Waals surface area contributed by atoms with Crippen LogP contribution in [0.5, 0.6) is 0 Å². The number of rotatable bonds is 6. The van der Waals surface area contributed by atoms with Crippen molar-refractivity contribution in [3.05, 3.63) is 47.1 Å². The van der Waals surface area contributed by atoms with E-state index in [1.165, 1.54) is 22.0 Å². The number of nitrogen functional groups attached to an aromatic ring is 1. The van der Waals surface area contributed by atoms with Gasteiger partial charge in [-0.15, -0.1) is 23.1 Å². The minimum atomic E-state index is -1.22. The summed E-state index contributed by atoms with van der Waals surface area (Å²) in [6.07, 6.45) is 6.56. The van der Waals surface area contributed by atoms with Gasteiger partial charge in [-0.25, -0.2) is 9.78 Å². The Kier molecular flexibility index (Phi) is 5.56. The van der Waals surface area contributed by atoms with E-state index < -0.39 is 29.2 Å². The van der Waals surface area contributed by atoms with E-state index in [1.54, 1.807) is 29.4 Å². The number of oxime groups is 1. The Morgan fingerprint density at radius 2 is 2.13 bits per heavy atom. The number of nitrogens with two attached hydrogens (primary N) is 1. The first-order valence-electron chi connectivity index (χ1n) is 8.84. The molecule has 1 fully saturated rings. The van der Waals surface area contributed by atoms with E-state index in [2.05, 4.69) is 20.4 Å². The van der Waals surface area contributed by atoms with E-state index in [9.17, 15) is 24.7 Å². The number of carbonyl (C=O) groups is 3. The highest BCUT2D eigenvalue weighted by atomic mass is 32.2. The van der Waals surface area contributed by atoms with Crippen LogP contribution in [-0.4, -0.2) is 65.8 Å². The van der Waals surface area contributed by atoms with Crippen molar-refractivity contribution in [2.24, 2.45) is 5.16 Å². The summed E-state index contributed by atoms with van der Waals surface area (Å²) in [6, 6.07) is -0.963. The van der Waals surface area contributed by atoms with Crippen LogP contribution in [0.15, 0.2) is 46.6 Å². The molecule has 0 bridgehead atoms. The summed E-state index contributed by atoms with van der Waals surface area (Å²) in [5.41, 5.74) is 5.71. The molecular formula is C17H16N7O5S2+. The molecule has 2 aliphatic heterocycles. The highest BCUT2D eigenvalue weighted by Crippen LogP contribution is 2.40. The number of anilines is 1. The average molecular weight is 462 g/mol. The fourth-order valence-corrected chi connectivity index (χ4v) is 5.18. The summed E-state index contributed by atoms with van der Waals surface area (Å²) in [6.45, 7) is 0.289. The Bertz CT molecular complexity index is 1120. The molecular weight excluding hydrogens is 446 g/mol. The van der Waals surface area contributed by atoms with Crippen LogP contribution in [0.25, 0.3) is 0 Å². The van der Waals surface area contributed by atoms with Crippen LogP contribution in [0, 0.1) is 0 Å². The number of nitrogens with one attached hydrogen (secondary N) is 1. The molecule has 5 N–H and O–H groups in total. The van der Waals surface area contributed by atoms with E-state index >= 15 is 0 Å². The molecule has 0 aromatic carbocycles. The van der Waals surface area contributed by atoms with Crippen LogP contribution in [0.4, 0.5) is 5.13 Å². The third-order valence-corrected chi connectivity index (χ3v) is 6.69. The third kappa shape index (κ3) is 3.82. The molecule has 4 rings (SSSR count). The van der Waals surface area contributed by atoms with Crippen molar-refractivity contribution in [1.29, 1.82) is 0 Å². The normalized spacial score (nSPS) is 20.8. The SMILES string of the molecule is Nc1nc(/C(=N/O)C(=O)NC2C(=O)N3C(C(=O)O)=C(C[n+]4ccncc4)CS[C@H]23)cs1. The molecule has 14 heteroatoms. The topological polar surface area (TPSA) is 175 Å². The second-order valence-corrected chi connectivity index (χ2v) is 8.55. The number of thiazole rings is 1. The Hall–Kier alpha value is -3.52. The maximum Gasteiger partial charge on any atom is 0.352 e. The second kappa shape index (κ2) is 8.31. The number of aromatic nitrogens is 3. The highest BCUT2D eigenvalue weighted by molar-refractivity contribution is 8.00. The molecule has 0 radical (unpaired) electrons. The van der Waals surface area contributed by atoms with Gasteiger partial charge in [-0.2, -0.15) is 4.57 Å². The van der Waals surface area contributed by atoms with Crippen molar-refractivity contribution in [1.82, 2.24) is 20.2 Å². The number of carboxylic acid groups (broad SMARTS) is 1. The molecule has 2 aromatic rings. The molecule has 0 saturated carbocycles. The number of hydrogen-bond acceptors (Lipinski definition) is 10. The number of fused-ring (bicyclic) bond motifs is 1. The first kappa shape index (κ1) is 20.7. The zero-order valence-corrected chi connectivity index (χ0v) is 17.3. The number of β-lactam (4-membered cyclic amide) rings is 1. The van der Waals surface area contributed by atoms with Crippen molar-refractivity contribution < 1.29 is 29.3 Å². The summed E-state index contributed by atoms with van der Waals surface area (Å²) >= 11 is 2.40. The summed E-state index contributed by atoms with van der Waals surface area (Å²) in [4.78, 5) is 46.2. The Morgan fingerprint density at radius 1 is 1.39 bits per heavy atom. The van der Waals surface area contributed by atoms with Crippen LogP contribution in [-0.2, 0) is 20.9 Å². The number of aliphatic carboxylic acids is 1. The van der Waals surface area contributed by atoms with Crippen LogP contribution < -0.4 is 15.6 Å². The number of amides is 2. The first-order chi connectivity index (χ1) is 14.9. The lowest BCUT2D eigenvalue weighted by molar-refractivity contribution is -0.689. The predicted octanol–water partition coefficient (Wildman–Crippen LogP) is -0.975. The van der Waals surface area contributed by atoms with Crippen LogP contribution in [0.1, 0.15) is 5.69 Å². The molecule has 1 saturated heterocycles. The monoisotopic (exact) mass is 462 g/mol. The minimum Gasteiger partial charge on any atom is -0.477 e. The van der Waals surface area contributed by atoms with Crippen molar-refractivity contribution >= 4 is 51.7 Å². The van der Waals surface area contributed by atoms with Crippen LogP contribution >= 0.6 is 23.1 Å². The van der Waals surface area contributed by atoms with Gasteiger partial charge in [0.25, 0.3) is 11.8 Å². The largest absolute Gasteiger partial charge is 0.477 e. The van der Waals surface area contributed by atoms with E-state index in [-0.39, 0.29) is 28.8 Å². The number of carboxylic acids is 1. The van der Waals surface area contributed by atoms with E-state index in [1.807, 2.05) is 0 Å². The van der Waals surface area contributed by atoms with Crippen LogP contribution in [0.3, 0.4) is 0 Å². The van der Waals surface area contributed by atoms with Crippen molar-refractivity contribution in [3.8, 4) is 0 Å². The molecule has 2 atom stereocenters. The smallest absolute Gasteiger partial charge is 0.352 e. The lowest BCUT2D eigenvalue weighted by Gasteiger charge is -2.49. The van der Waals surface area contributed by atoms with Crippen LogP contribution in [0.2, 0.25) is 0 Å². The van der Waals surface area contributed by atoms with Gasteiger partial charge in [-0.3, -0.25) is 19.5 Å². The van der Waals surface area contributed by atoms with Crippen molar-refractivity contribution in [2.75, 3.05) is 11.5 Å². The van der Waals surface area contributed by atoms with Gasteiger partial charge in [-0.05, 0) is 0 Å². The van der Waals surface area contributed by atoms with Gasteiger partial charge in [0.1, 0.15) is 22.8 Å². The first-order valence-corrected chi connectivity index (χ1v) is 10.8. The average Bonchev–Trinajstić information content (AvgIpc) is 3.18. The lowest BCUT2D eigenvalue weighted by Crippen LogP contribution is -2.71. The predicted molar refractivity (Wildman–Crippen MR) is 109 cm³/mol. The van der Waals surface area contributed by atoms with E-state index in [0.29, 0.717) is 11.3 Å². The molecule has 2 aliphatic rings. The molecule has 4 heterocycles. The van der Waals surface area contributed by atoms with Gasteiger partial charge in [0.15, 0.2) is 29.8 Å². The summed E-state index contributed by atoms with van der Waals surface area (Å²) in [5, 5.41) is 25.5. The molecule has 160 valence electrons.